The Morgan fingerprint density at radius 3 is 2.82 bits per heavy atom. The quantitative estimate of drug-likeness (QED) is 0.751. The minimum absolute atomic E-state index is 0.0369. The Bertz CT molecular complexity index is 1000. The normalized spacial score (nSPS) is 17.3. The summed E-state index contributed by atoms with van der Waals surface area (Å²) in [5, 5.41) is 16.0. The molecule has 1 fully saturated rings. The van der Waals surface area contributed by atoms with Crippen LogP contribution in [0.15, 0.2) is 36.4 Å². The zero-order valence-electron chi connectivity index (χ0n) is 16.0. The number of aromatic nitrogens is 4. The third-order valence-electron chi connectivity index (χ3n) is 4.98. The van der Waals surface area contributed by atoms with E-state index in [0.717, 1.165) is 25.2 Å². The largest absolute Gasteiger partial charge is 0.353 e. The van der Waals surface area contributed by atoms with Crippen LogP contribution in [0.3, 0.4) is 0 Å². The van der Waals surface area contributed by atoms with Crippen molar-refractivity contribution in [2.75, 3.05) is 18.0 Å². The first-order valence-corrected chi connectivity index (χ1v) is 9.55. The van der Waals surface area contributed by atoms with E-state index in [4.69, 9.17) is 0 Å². The molecule has 3 heterocycles. The van der Waals surface area contributed by atoms with Crippen LogP contribution in [-0.2, 0) is 4.79 Å². The van der Waals surface area contributed by atoms with Crippen molar-refractivity contribution in [2.45, 2.75) is 32.7 Å². The van der Waals surface area contributed by atoms with Crippen LogP contribution in [0.25, 0.3) is 17.0 Å². The molecule has 28 heavy (non-hydrogen) atoms. The van der Waals surface area contributed by atoms with Crippen molar-refractivity contribution in [3.05, 3.63) is 42.2 Å². The van der Waals surface area contributed by atoms with Crippen LogP contribution in [-0.4, -0.2) is 44.8 Å². The lowest BCUT2D eigenvalue weighted by atomic mass is 10.0. The predicted molar refractivity (Wildman–Crippen MR) is 104 cm³/mol. The second kappa shape index (κ2) is 7.53. The van der Waals surface area contributed by atoms with Crippen molar-refractivity contribution < 1.29 is 9.18 Å². The number of rotatable bonds is 4. The van der Waals surface area contributed by atoms with E-state index in [0.29, 0.717) is 23.6 Å². The van der Waals surface area contributed by atoms with Crippen LogP contribution >= 0.6 is 0 Å². The lowest BCUT2D eigenvalue weighted by Gasteiger charge is -2.34. The first-order chi connectivity index (χ1) is 13.5. The number of piperidine rings is 1. The average molecular weight is 382 g/mol. The summed E-state index contributed by atoms with van der Waals surface area (Å²) in [6.07, 6.45) is 1.91. The van der Waals surface area contributed by atoms with Crippen LogP contribution < -0.4 is 10.2 Å². The van der Waals surface area contributed by atoms with Gasteiger partial charge >= 0.3 is 0 Å². The fraction of sp³-hybridized carbons (Fsp3) is 0.400. The van der Waals surface area contributed by atoms with Gasteiger partial charge in [0.1, 0.15) is 11.6 Å². The summed E-state index contributed by atoms with van der Waals surface area (Å²) >= 11 is 0. The number of carbonyl (C=O) groups excluding carboxylic acids is 1. The maximum Gasteiger partial charge on any atom is 0.222 e. The van der Waals surface area contributed by atoms with Crippen molar-refractivity contribution in [2.24, 2.45) is 5.92 Å². The average Bonchev–Trinajstić information content (AvgIpc) is 3.11. The van der Waals surface area contributed by atoms with Gasteiger partial charge < -0.3 is 10.2 Å². The molecule has 4 rings (SSSR count). The molecule has 0 saturated carbocycles. The summed E-state index contributed by atoms with van der Waals surface area (Å²) in [6.45, 7) is 5.32. The molecule has 1 unspecified atom stereocenters. The molecule has 0 spiro atoms. The van der Waals surface area contributed by atoms with Crippen LogP contribution in [0, 0.1) is 11.7 Å². The van der Waals surface area contributed by atoms with Crippen molar-refractivity contribution in [3.63, 3.8) is 0 Å². The summed E-state index contributed by atoms with van der Waals surface area (Å²) in [5.41, 5.74) is 0.920. The highest BCUT2D eigenvalue weighted by molar-refractivity contribution is 5.78. The SMILES string of the molecule is CC(C)C(=O)NC1CCCN(c2ccc3nnc(-c4ccccc4F)n3n2)C1. The van der Waals surface area contributed by atoms with Crippen molar-refractivity contribution in [1.29, 1.82) is 0 Å². The number of benzene rings is 1. The molecule has 1 aliphatic heterocycles. The molecule has 7 nitrogen and oxygen atoms in total. The van der Waals surface area contributed by atoms with E-state index in [9.17, 15) is 9.18 Å². The number of anilines is 1. The molecule has 1 saturated heterocycles. The molecular weight excluding hydrogens is 359 g/mol. The van der Waals surface area contributed by atoms with Gasteiger partial charge in [-0.2, -0.15) is 4.52 Å². The van der Waals surface area contributed by atoms with Crippen LogP contribution in [0.5, 0.6) is 0 Å². The van der Waals surface area contributed by atoms with Gasteiger partial charge in [0.2, 0.25) is 5.91 Å². The summed E-state index contributed by atoms with van der Waals surface area (Å²) in [5.74, 6) is 0.796. The Balaban J connectivity index is 1.62. The fourth-order valence-corrected chi connectivity index (χ4v) is 3.43. The smallest absolute Gasteiger partial charge is 0.222 e. The monoisotopic (exact) mass is 382 g/mol. The number of carbonyl (C=O) groups is 1. The summed E-state index contributed by atoms with van der Waals surface area (Å²) in [4.78, 5) is 14.2. The molecule has 2 aromatic heterocycles. The fourth-order valence-electron chi connectivity index (χ4n) is 3.43. The highest BCUT2D eigenvalue weighted by Crippen LogP contribution is 2.23. The lowest BCUT2D eigenvalue weighted by Crippen LogP contribution is -2.49. The first-order valence-electron chi connectivity index (χ1n) is 9.55. The van der Waals surface area contributed by atoms with E-state index in [1.807, 2.05) is 26.0 Å². The second-order valence-corrected chi connectivity index (χ2v) is 7.41. The molecule has 0 bridgehead atoms. The third-order valence-corrected chi connectivity index (χ3v) is 4.98. The highest BCUT2D eigenvalue weighted by atomic mass is 19.1. The molecule has 3 aromatic rings. The number of hydrogen-bond donors (Lipinski definition) is 1. The highest BCUT2D eigenvalue weighted by Gasteiger charge is 2.24. The predicted octanol–water partition coefficient (Wildman–Crippen LogP) is 2.67. The maximum absolute atomic E-state index is 14.2. The van der Waals surface area contributed by atoms with Gasteiger partial charge in [-0.15, -0.1) is 15.3 Å². The van der Waals surface area contributed by atoms with E-state index in [1.165, 1.54) is 6.07 Å². The van der Waals surface area contributed by atoms with Crippen molar-refractivity contribution >= 4 is 17.4 Å². The Morgan fingerprint density at radius 2 is 2.04 bits per heavy atom. The van der Waals surface area contributed by atoms with Gasteiger partial charge in [0.25, 0.3) is 0 Å². The Morgan fingerprint density at radius 1 is 1.21 bits per heavy atom. The molecule has 1 aromatic carbocycles. The first kappa shape index (κ1) is 18.3. The summed E-state index contributed by atoms with van der Waals surface area (Å²) in [6, 6.07) is 10.3. The van der Waals surface area contributed by atoms with E-state index < -0.39 is 0 Å². The number of fused-ring (bicyclic) bond motifs is 1. The maximum atomic E-state index is 14.2. The van der Waals surface area contributed by atoms with Crippen LogP contribution in [0.1, 0.15) is 26.7 Å². The number of hydrogen-bond acceptors (Lipinski definition) is 5. The van der Waals surface area contributed by atoms with Crippen LogP contribution in [0.2, 0.25) is 0 Å². The zero-order chi connectivity index (χ0) is 19.7. The molecular formula is C20H23FN6O. The Hall–Kier alpha value is -3.03. The molecule has 1 amide bonds. The zero-order valence-corrected chi connectivity index (χ0v) is 16.0. The molecule has 8 heteroatoms. The van der Waals surface area contributed by atoms with Gasteiger partial charge in [-0.05, 0) is 37.1 Å². The Labute approximate surface area is 162 Å². The van der Waals surface area contributed by atoms with Crippen LogP contribution in [0.4, 0.5) is 10.2 Å². The lowest BCUT2D eigenvalue weighted by molar-refractivity contribution is -0.124. The summed E-state index contributed by atoms with van der Waals surface area (Å²) in [7, 11) is 0. The number of nitrogens with zero attached hydrogens (tertiary/aromatic N) is 5. The van der Waals surface area contributed by atoms with E-state index >= 15 is 0 Å². The number of nitrogens with one attached hydrogen (secondary N) is 1. The minimum atomic E-state index is -0.363. The molecule has 0 radical (unpaired) electrons. The molecule has 1 atom stereocenters. The van der Waals surface area contributed by atoms with Gasteiger partial charge in [-0.25, -0.2) is 4.39 Å². The van der Waals surface area contributed by atoms with Gasteiger partial charge in [-0.1, -0.05) is 26.0 Å². The van der Waals surface area contributed by atoms with E-state index in [-0.39, 0.29) is 23.7 Å². The molecule has 1 N–H and O–H groups in total. The number of halogens is 1. The molecule has 1 aliphatic rings. The van der Waals surface area contributed by atoms with Crippen molar-refractivity contribution in [1.82, 2.24) is 25.1 Å². The van der Waals surface area contributed by atoms with Gasteiger partial charge in [0.15, 0.2) is 11.5 Å². The van der Waals surface area contributed by atoms with Crippen molar-refractivity contribution in [3.8, 4) is 11.4 Å². The number of amides is 1. The minimum Gasteiger partial charge on any atom is -0.353 e. The van der Waals surface area contributed by atoms with Gasteiger partial charge in [-0.3, -0.25) is 4.79 Å². The topological polar surface area (TPSA) is 75.4 Å². The third kappa shape index (κ3) is 3.54. The second-order valence-electron chi connectivity index (χ2n) is 7.41. The summed E-state index contributed by atoms with van der Waals surface area (Å²) < 4.78 is 15.8. The molecule has 146 valence electrons. The van der Waals surface area contributed by atoms with E-state index in [2.05, 4.69) is 25.5 Å². The van der Waals surface area contributed by atoms with Gasteiger partial charge in [0, 0.05) is 25.0 Å². The standard InChI is InChI=1S/C20H23FN6O/c1-13(2)20(28)22-14-6-5-11-26(12-14)18-10-9-17-23-24-19(27(17)25-18)15-7-3-4-8-16(15)21/h3-4,7-10,13-14H,5-6,11-12H2,1-2H3,(H,22,28). The molecule has 0 aliphatic carbocycles. The van der Waals surface area contributed by atoms with Gasteiger partial charge in [0.05, 0.1) is 5.56 Å². The Kier molecular flexibility index (Phi) is 4.93. The van der Waals surface area contributed by atoms with E-state index in [1.54, 1.807) is 22.7 Å².